The first-order valence-electron chi connectivity index (χ1n) is 2.97. The lowest BCUT2D eigenvalue weighted by Crippen LogP contribution is -2.42. The van der Waals surface area contributed by atoms with Gasteiger partial charge >= 0.3 is 0 Å². The fourth-order valence-electron chi connectivity index (χ4n) is 0.680. The quantitative estimate of drug-likeness (QED) is 0.458. The number of hydrogen-bond donors (Lipinski definition) is 1. The molecule has 0 aromatic heterocycles. The van der Waals surface area contributed by atoms with Crippen molar-refractivity contribution in [1.29, 1.82) is 0 Å². The van der Waals surface area contributed by atoms with Crippen LogP contribution in [0.15, 0.2) is 24.4 Å². The zero-order valence-electron chi connectivity index (χ0n) is 5.60. The van der Waals surface area contributed by atoms with Gasteiger partial charge in [0.05, 0.1) is 0 Å². The molecule has 3 heteroatoms. The van der Waals surface area contributed by atoms with E-state index in [2.05, 4.69) is 5.32 Å². The van der Waals surface area contributed by atoms with E-state index in [-0.39, 0.29) is 5.78 Å². The van der Waals surface area contributed by atoms with E-state index in [9.17, 15) is 4.79 Å². The summed E-state index contributed by atoms with van der Waals surface area (Å²) >= 11 is 5.81. The van der Waals surface area contributed by atoms with Gasteiger partial charge in [0, 0.05) is 0 Å². The Labute approximate surface area is 64.6 Å². The molecule has 2 nitrogen and oxygen atoms in total. The second-order valence-electron chi connectivity index (χ2n) is 2.13. The van der Waals surface area contributed by atoms with E-state index in [1.54, 1.807) is 24.4 Å². The lowest BCUT2D eigenvalue weighted by molar-refractivity contribution is -0.118. The maximum absolute atomic E-state index is 10.8. The first-order chi connectivity index (χ1) is 4.65. The molecule has 0 bridgehead atoms. The van der Waals surface area contributed by atoms with Gasteiger partial charge in [0.25, 0.3) is 0 Å². The van der Waals surface area contributed by atoms with Crippen molar-refractivity contribution in [3.8, 4) is 0 Å². The number of alkyl halides is 1. The molecule has 0 saturated carbocycles. The minimum absolute atomic E-state index is 0.102. The second kappa shape index (κ2) is 2.46. The fourth-order valence-corrected chi connectivity index (χ4v) is 0.816. The molecule has 0 saturated heterocycles. The van der Waals surface area contributed by atoms with Gasteiger partial charge in [-0.2, -0.15) is 0 Å². The molecule has 1 aliphatic heterocycles. The molecule has 0 aromatic rings. The zero-order valence-corrected chi connectivity index (χ0v) is 6.35. The van der Waals surface area contributed by atoms with Crippen LogP contribution >= 0.6 is 11.6 Å². The van der Waals surface area contributed by atoms with E-state index < -0.39 is 5.00 Å². The molecule has 0 aliphatic carbocycles. The Kier molecular flexibility index (Phi) is 1.81. The summed E-state index contributed by atoms with van der Waals surface area (Å²) in [5.41, 5.74) is 0. The Morgan fingerprint density at radius 1 is 1.60 bits per heavy atom. The molecule has 1 atom stereocenters. The van der Waals surface area contributed by atoms with Gasteiger partial charge in [0.15, 0.2) is 10.8 Å². The monoisotopic (exact) mass is 157 g/mol. The fraction of sp³-hybridized carbons (Fsp3) is 0.286. The van der Waals surface area contributed by atoms with Crippen molar-refractivity contribution < 1.29 is 4.79 Å². The normalized spacial score (nSPS) is 29.8. The SMILES string of the molecule is CC(=O)C1(Cl)C=CC=CN1. The summed E-state index contributed by atoms with van der Waals surface area (Å²) < 4.78 is 0. The predicted molar refractivity (Wildman–Crippen MR) is 40.7 cm³/mol. The number of Topliss-reactive ketones (excluding diaryl/α,β-unsaturated/α-hetero) is 1. The van der Waals surface area contributed by atoms with Gasteiger partial charge in [-0.05, 0) is 25.3 Å². The molecular formula is C7H8ClNO. The van der Waals surface area contributed by atoms with Crippen molar-refractivity contribution in [2.24, 2.45) is 0 Å². The van der Waals surface area contributed by atoms with Gasteiger partial charge in [-0.25, -0.2) is 0 Å². The maximum Gasteiger partial charge on any atom is 0.190 e. The molecule has 0 aromatic carbocycles. The average molecular weight is 158 g/mol. The highest BCUT2D eigenvalue weighted by Crippen LogP contribution is 2.16. The number of nitrogens with one attached hydrogen (secondary N) is 1. The summed E-state index contributed by atoms with van der Waals surface area (Å²) in [6.45, 7) is 1.45. The van der Waals surface area contributed by atoms with Crippen LogP contribution in [0.25, 0.3) is 0 Å². The van der Waals surface area contributed by atoms with Crippen LogP contribution in [0, 0.1) is 0 Å². The highest BCUT2D eigenvalue weighted by molar-refractivity contribution is 6.36. The Bertz CT molecular complexity index is 210. The molecule has 0 amide bonds. The Morgan fingerprint density at radius 2 is 2.30 bits per heavy atom. The Balaban J connectivity index is 2.80. The Morgan fingerprint density at radius 3 is 2.60 bits per heavy atom. The van der Waals surface area contributed by atoms with Crippen molar-refractivity contribution in [3.05, 3.63) is 24.4 Å². The van der Waals surface area contributed by atoms with Gasteiger partial charge in [-0.3, -0.25) is 4.79 Å². The third kappa shape index (κ3) is 1.21. The van der Waals surface area contributed by atoms with Crippen LogP contribution in [0.4, 0.5) is 0 Å². The minimum Gasteiger partial charge on any atom is -0.364 e. The number of halogens is 1. The summed E-state index contributed by atoms with van der Waals surface area (Å²) in [6, 6.07) is 0. The maximum atomic E-state index is 10.8. The molecule has 1 rings (SSSR count). The van der Waals surface area contributed by atoms with Crippen LogP contribution in [0.2, 0.25) is 0 Å². The van der Waals surface area contributed by atoms with Crippen molar-refractivity contribution in [2.75, 3.05) is 0 Å². The van der Waals surface area contributed by atoms with Gasteiger partial charge in [-0.15, -0.1) is 0 Å². The molecule has 0 spiro atoms. The highest BCUT2D eigenvalue weighted by Gasteiger charge is 2.28. The van der Waals surface area contributed by atoms with Gasteiger partial charge in [0.1, 0.15) is 0 Å². The summed E-state index contributed by atoms with van der Waals surface area (Å²) in [7, 11) is 0. The van der Waals surface area contributed by atoms with Crippen molar-refractivity contribution in [3.63, 3.8) is 0 Å². The van der Waals surface area contributed by atoms with Crippen LogP contribution < -0.4 is 5.32 Å². The third-order valence-electron chi connectivity index (χ3n) is 1.34. The summed E-state index contributed by atoms with van der Waals surface area (Å²) in [5.74, 6) is -0.102. The summed E-state index contributed by atoms with van der Waals surface area (Å²) in [5, 5.41) is 2.74. The van der Waals surface area contributed by atoms with E-state index in [0.717, 1.165) is 0 Å². The number of dihydropyridines is 1. The Hall–Kier alpha value is -0.760. The van der Waals surface area contributed by atoms with E-state index in [1.807, 2.05) is 0 Å². The van der Waals surface area contributed by atoms with Crippen LogP contribution in [0.1, 0.15) is 6.92 Å². The lowest BCUT2D eigenvalue weighted by atomic mass is 10.1. The number of rotatable bonds is 1. The van der Waals surface area contributed by atoms with Crippen molar-refractivity contribution in [2.45, 2.75) is 11.9 Å². The molecule has 1 unspecified atom stereocenters. The number of hydrogen-bond acceptors (Lipinski definition) is 2. The first kappa shape index (κ1) is 7.35. The van der Waals surface area contributed by atoms with Crippen LogP contribution in [0.5, 0.6) is 0 Å². The molecule has 0 radical (unpaired) electrons. The smallest absolute Gasteiger partial charge is 0.190 e. The van der Waals surface area contributed by atoms with E-state index in [4.69, 9.17) is 11.6 Å². The first-order valence-corrected chi connectivity index (χ1v) is 3.35. The van der Waals surface area contributed by atoms with Gasteiger partial charge in [-0.1, -0.05) is 17.7 Å². The standard InChI is InChI=1S/C7H8ClNO/c1-6(10)7(8)4-2-3-5-9-7/h2-5,9H,1H3. The van der Waals surface area contributed by atoms with E-state index >= 15 is 0 Å². The molecule has 54 valence electrons. The second-order valence-corrected chi connectivity index (χ2v) is 2.73. The molecule has 10 heavy (non-hydrogen) atoms. The predicted octanol–water partition coefficient (Wildman–Crippen LogP) is 1.18. The van der Waals surface area contributed by atoms with Crippen LogP contribution in [-0.4, -0.2) is 10.8 Å². The summed E-state index contributed by atoms with van der Waals surface area (Å²) in [4.78, 5) is 9.84. The minimum atomic E-state index is -1.01. The van der Waals surface area contributed by atoms with E-state index in [0.29, 0.717) is 0 Å². The topological polar surface area (TPSA) is 29.1 Å². The van der Waals surface area contributed by atoms with Crippen LogP contribution in [-0.2, 0) is 4.79 Å². The van der Waals surface area contributed by atoms with E-state index in [1.165, 1.54) is 6.92 Å². The largest absolute Gasteiger partial charge is 0.364 e. The van der Waals surface area contributed by atoms with Crippen LogP contribution in [0.3, 0.4) is 0 Å². The zero-order chi connectivity index (χ0) is 7.61. The van der Waals surface area contributed by atoms with Crippen molar-refractivity contribution in [1.82, 2.24) is 5.32 Å². The van der Waals surface area contributed by atoms with Gasteiger partial charge in [0.2, 0.25) is 0 Å². The molecular weight excluding hydrogens is 150 g/mol. The number of ketones is 1. The molecule has 1 aliphatic rings. The van der Waals surface area contributed by atoms with Crippen molar-refractivity contribution >= 4 is 17.4 Å². The number of allylic oxidation sites excluding steroid dienone is 2. The number of carbonyl (C=O) groups excluding carboxylic acids is 1. The molecule has 1 N–H and O–H groups in total. The van der Waals surface area contributed by atoms with Gasteiger partial charge < -0.3 is 5.32 Å². The highest BCUT2D eigenvalue weighted by atomic mass is 35.5. The third-order valence-corrected chi connectivity index (χ3v) is 1.84. The lowest BCUT2D eigenvalue weighted by Gasteiger charge is -2.22. The number of carbonyl (C=O) groups is 1. The molecule has 1 heterocycles. The molecule has 0 fully saturated rings. The average Bonchev–Trinajstić information content (AvgIpc) is 1.89. The summed E-state index contributed by atoms with van der Waals surface area (Å²) in [6.07, 6.45) is 6.79.